The van der Waals surface area contributed by atoms with E-state index in [0.29, 0.717) is 10.7 Å². The maximum Gasteiger partial charge on any atom is 0.227 e. The first-order valence-electron chi connectivity index (χ1n) is 4.34. The summed E-state index contributed by atoms with van der Waals surface area (Å²) >= 11 is 5.97. The molecule has 0 bridgehead atoms. The van der Waals surface area contributed by atoms with Crippen molar-refractivity contribution in [1.82, 2.24) is 0 Å². The third-order valence-electron chi connectivity index (χ3n) is 1.75. The van der Waals surface area contributed by atoms with Crippen molar-refractivity contribution in [3.05, 3.63) is 41.6 Å². The summed E-state index contributed by atoms with van der Waals surface area (Å²) in [4.78, 5) is 12.8. The van der Waals surface area contributed by atoms with Gasteiger partial charge in [0.15, 0.2) is 0 Å². The molecule has 0 aliphatic carbocycles. The summed E-state index contributed by atoms with van der Waals surface area (Å²) in [7, 11) is 0. The predicted octanol–water partition coefficient (Wildman–Crippen LogP) is 3.23. The summed E-state index contributed by atoms with van der Waals surface area (Å²) in [6.07, 6.45) is 3.49. The van der Waals surface area contributed by atoms with Crippen molar-refractivity contribution in [3.63, 3.8) is 0 Å². The fraction of sp³-hybridized carbons (Fsp3) is 0.182. The van der Waals surface area contributed by atoms with E-state index in [9.17, 15) is 4.79 Å². The summed E-state index contributed by atoms with van der Waals surface area (Å²) in [5.41, 5.74) is 0.708. The molecular formula is C11H12ClNO. The Morgan fingerprint density at radius 2 is 2.07 bits per heavy atom. The summed E-state index contributed by atoms with van der Waals surface area (Å²) in [6.45, 7) is 3.36. The van der Waals surface area contributed by atoms with E-state index in [1.807, 2.05) is 25.1 Å². The van der Waals surface area contributed by atoms with Crippen LogP contribution in [-0.2, 0) is 4.79 Å². The number of para-hydroxylation sites is 1. The van der Waals surface area contributed by atoms with E-state index in [-0.39, 0.29) is 5.91 Å². The lowest BCUT2D eigenvalue weighted by molar-refractivity contribution is -0.116. The van der Waals surface area contributed by atoms with Crippen LogP contribution in [0.2, 0.25) is 5.02 Å². The summed E-state index contributed by atoms with van der Waals surface area (Å²) in [6, 6.07) is 7.25. The van der Waals surface area contributed by atoms with E-state index in [4.69, 9.17) is 11.6 Å². The molecule has 1 aromatic carbocycles. The quantitative estimate of drug-likeness (QED) is 0.733. The van der Waals surface area contributed by atoms with Crippen LogP contribution in [0.1, 0.15) is 13.8 Å². The second-order valence-electron chi connectivity index (χ2n) is 2.82. The van der Waals surface area contributed by atoms with Crippen molar-refractivity contribution in [2.75, 3.05) is 4.90 Å². The number of halogens is 1. The van der Waals surface area contributed by atoms with Gasteiger partial charge >= 0.3 is 0 Å². The van der Waals surface area contributed by atoms with E-state index >= 15 is 0 Å². The van der Waals surface area contributed by atoms with Crippen molar-refractivity contribution < 1.29 is 4.79 Å². The Labute approximate surface area is 88.8 Å². The summed E-state index contributed by atoms with van der Waals surface area (Å²) in [5, 5.41) is 0.570. The SMILES string of the molecule is C/C=C\N(C(C)=O)c1ccccc1Cl. The highest BCUT2D eigenvalue weighted by Gasteiger charge is 2.10. The zero-order chi connectivity index (χ0) is 10.6. The Kier molecular flexibility index (Phi) is 3.72. The molecule has 1 aromatic rings. The average Bonchev–Trinajstić information content (AvgIpc) is 2.15. The first-order valence-corrected chi connectivity index (χ1v) is 4.71. The minimum atomic E-state index is -0.0591. The van der Waals surface area contributed by atoms with Crippen LogP contribution in [0.15, 0.2) is 36.5 Å². The molecule has 0 aromatic heterocycles. The van der Waals surface area contributed by atoms with Crippen molar-refractivity contribution in [1.29, 1.82) is 0 Å². The molecule has 0 N–H and O–H groups in total. The third-order valence-corrected chi connectivity index (χ3v) is 2.07. The second kappa shape index (κ2) is 4.82. The van der Waals surface area contributed by atoms with Crippen LogP contribution in [0.25, 0.3) is 0 Å². The zero-order valence-electron chi connectivity index (χ0n) is 8.20. The highest BCUT2D eigenvalue weighted by atomic mass is 35.5. The van der Waals surface area contributed by atoms with Gasteiger partial charge in [0.05, 0.1) is 10.7 Å². The van der Waals surface area contributed by atoms with Crippen LogP contribution < -0.4 is 4.90 Å². The normalized spacial score (nSPS) is 10.5. The van der Waals surface area contributed by atoms with E-state index in [2.05, 4.69) is 0 Å². The molecule has 14 heavy (non-hydrogen) atoms. The molecule has 0 saturated heterocycles. The molecule has 0 heterocycles. The lowest BCUT2D eigenvalue weighted by Crippen LogP contribution is -2.21. The lowest BCUT2D eigenvalue weighted by atomic mass is 10.3. The number of carbonyl (C=O) groups is 1. The van der Waals surface area contributed by atoms with Crippen molar-refractivity contribution in [2.45, 2.75) is 13.8 Å². The molecule has 0 saturated carbocycles. The molecule has 74 valence electrons. The topological polar surface area (TPSA) is 20.3 Å². The van der Waals surface area contributed by atoms with Gasteiger partial charge in [-0.25, -0.2) is 0 Å². The number of benzene rings is 1. The molecule has 1 rings (SSSR count). The minimum absolute atomic E-state index is 0.0591. The number of hydrogen-bond donors (Lipinski definition) is 0. The predicted molar refractivity (Wildman–Crippen MR) is 59.4 cm³/mol. The molecule has 0 spiro atoms. The third kappa shape index (κ3) is 2.36. The smallest absolute Gasteiger partial charge is 0.227 e. The lowest BCUT2D eigenvalue weighted by Gasteiger charge is -2.17. The highest BCUT2D eigenvalue weighted by molar-refractivity contribution is 6.33. The number of allylic oxidation sites excluding steroid dienone is 1. The standard InChI is InChI=1S/C11H12ClNO/c1-3-8-13(9(2)14)11-7-5-4-6-10(11)12/h3-8H,1-2H3/b8-3-. The molecule has 0 radical (unpaired) electrons. The van der Waals surface area contributed by atoms with E-state index < -0.39 is 0 Å². The minimum Gasteiger partial charge on any atom is -0.287 e. The molecule has 2 nitrogen and oxygen atoms in total. The monoisotopic (exact) mass is 209 g/mol. The zero-order valence-corrected chi connectivity index (χ0v) is 8.95. The van der Waals surface area contributed by atoms with E-state index in [1.165, 1.54) is 11.8 Å². The van der Waals surface area contributed by atoms with Crippen LogP contribution in [0.4, 0.5) is 5.69 Å². The maximum absolute atomic E-state index is 11.3. The first-order chi connectivity index (χ1) is 6.66. The summed E-state index contributed by atoms with van der Waals surface area (Å²) < 4.78 is 0. The number of nitrogens with zero attached hydrogens (tertiary/aromatic N) is 1. The second-order valence-corrected chi connectivity index (χ2v) is 3.23. The van der Waals surface area contributed by atoms with Gasteiger partial charge in [-0.15, -0.1) is 0 Å². The van der Waals surface area contributed by atoms with Gasteiger partial charge in [0.2, 0.25) is 5.91 Å². The van der Waals surface area contributed by atoms with Crippen LogP contribution in [-0.4, -0.2) is 5.91 Å². The fourth-order valence-electron chi connectivity index (χ4n) is 1.15. The van der Waals surface area contributed by atoms with Crippen LogP contribution in [0.3, 0.4) is 0 Å². The van der Waals surface area contributed by atoms with Crippen LogP contribution >= 0.6 is 11.6 Å². The highest BCUT2D eigenvalue weighted by Crippen LogP contribution is 2.25. The molecule has 0 fully saturated rings. The number of hydrogen-bond acceptors (Lipinski definition) is 1. The number of carbonyl (C=O) groups excluding carboxylic acids is 1. The molecule has 0 aliphatic heterocycles. The number of amides is 1. The van der Waals surface area contributed by atoms with Gasteiger partial charge in [-0.05, 0) is 19.1 Å². The Balaban J connectivity index is 3.11. The Hall–Kier alpha value is -1.28. The largest absolute Gasteiger partial charge is 0.287 e. The molecule has 0 unspecified atom stereocenters. The van der Waals surface area contributed by atoms with Gasteiger partial charge in [0.25, 0.3) is 0 Å². The van der Waals surface area contributed by atoms with Gasteiger partial charge < -0.3 is 0 Å². The van der Waals surface area contributed by atoms with Crippen LogP contribution in [0.5, 0.6) is 0 Å². The van der Waals surface area contributed by atoms with E-state index in [0.717, 1.165) is 0 Å². The maximum atomic E-state index is 11.3. The fourth-order valence-corrected chi connectivity index (χ4v) is 1.38. The molecule has 0 aliphatic rings. The van der Waals surface area contributed by atoms with Gasteiger partial charge in [0, 0.05) is 13.1 Å². The van der Waals surface area contributed by atoms with Crippen LogP contribution in [0, 0.1) is 0 Å². The van der Waals surface area contributed by atoms with Gasteiger partial charge in [-0.3, -0.25) is 9.69 Å². The van der Waals surface area contributed by atoms with Crippen molar-refractivity contribution >= 4 is 23.2 Å². The molecular weight excluding hydrogens is 198 g/mol. The van der Waals surface area contributed by atoms with Crippen molar-refractivity contribution in [3.8, 4) is 0 Å². The average molecular weight is 210 g/mol. The van der Waals surface area contributed by atoms with Crippen molar-refractivity contribution in [2.24, 2.45) is 0 Å². The Morgan fingerprint density at radius 3 is 2.57 bits per heavy atom. The number of rotatable bonds is 2. The molecule has 0 atom stereocenters. The Bertz CT molecular complexity index is 360. The summed E-state index contributed by atoms with van der Waals surface area (Å²) in [5.74, 6) is -0.0591. The first kappa shape index (κ1) is 10.8. The number of anilines is 1. The van der Waals surface area contributed by atoms with Gasteiger partial charge in [-0.1, -0.05) is 29.8 Å². The van der Waals surface area contributed by atoms with Gasteiger partial charge in [-0.2, -0.15) is 0 Å². The Morgan fingerprint density at radius 1 is 1.43 bits per heavy atom. The van der Waals surface area contributed by atoms with Gasteiger partial charge in [0.1, 0.15) is 0 Å². The molecule has 1 amide bonds. The van der Waals surface area contributed by atoms with E-state index in [1.54, 1.807) is 18.3 Å². The molecule has 3 heteroatoms.